The summed E-state index contributed by atoms with van der Waals surface area (Å²) < 4.78 is 5.08. The maximum atomic E-state index is 11.6. The van der Waals surface area contributed by atoms with Gasteiger partial charge in [0.1, 0.15) is 6.61 Å². The number of rotatable bonds is 5. The number of benzene rings is 1. The van der Waals surface area contributed by atoms with E-state index < -0.39 is 0 Å². The molecule has 1 heterocycles. The molecule has 94 valence electrons. The van der Waals surface area contributed by atoms with Gasteiger partial charge in [0.15, 0.2) is 0 Å². The van der Waals surface area contributed by atoms with Crippen molar-refractivity contribution in [1.29, 1.82) is 0 Å². The van der Waals surface area contributed by atoms with Crippen molar-refractivity contribution in [3.63, 3.8) is 0 Å². The predicted molar refractivity (Wildman–Crippen MR) is 70.2 cm³/mol. The van der Waals surface area contributed by atoms with Crippen LogP contribution in [0.1, 0.15) is 0 Å². The van der Waals surface area contributed by atoms with Crippen molar-refractivity contribution >= 4 is 22.4 Å². The van der Waals surface area contributed by atoms with Crippen LogP contribution in [0.25, 0.3) is 10.8 Å². The molecule has 2 rings (SSSR count). The molecule has 0 unspecified atom stereocenters. The number of aromatic nitrogens is 1. The van der Waals surface area contributed by atoms with Crippen LogP contribution in [0.4, 0.5) is 5.69 Å². The lowest BCUT2D eigenvalue weighted by molar-refractivity contribution is -0.120. The zero-order chi connectivity index (χ0) is 12.8. The third kappa shape index (κ3) is 3.03. The smallest absolute Gasteiger partial charge is 0.250 e. The van der Waals surface area contributed by atoms with Crippen LogP contribution in [-0.4, -0.2) is 30.6 Å². The molecular formula is C13H15N3O2. The zero-order valence-electron chi connectivity index (χ0n) is 9.93. The lowest BCUT2D eigenvalue weighted by atomic mass is 10.1. The van der Waals surface area contributed by atoms with Gasteiger partial charge in [-0.1, -0.05) is 12.1 Å². The van der Waals surface area contributed by atoms with E-state index in [2.05, 4.69) is 10.3 Å². The molecule has 1 amide bonds. The SMILES string of the molecule is NCCOCC(=O)Nc1cccc2cnccc12. The average molecular weight is 245 g/mol. The van der Waals surface area contributed by atoms with Gasteiger partial charge in [0.25, 0.3) is 0 Å². The Labute approximate surface area is 105 Å². The molecule has 2 aromatic rings. The second-order valence-corrected chi connectivity index (χ2v) is 3.79. The Morgan fingerprint density at radius 1 is 1.39 bits per heavy atom. The van der Waals surface area contributed by atoms with E-state index in [1.165, 1.54) is 0 Å². The Kier molecular flexibility index (Phi) is 4.22. The summed E-state index contributed by atoms with van der Waals surface area (Å²) in [6.07, 6.45) is 3.46. The average Bonchev–Trinajstić information content (AvgIpc) is 2.39. The highest BCUT2D eigenvalue weighted by Gasteiger charge is 2.05. The Balaban J connectivity index is 2.09. The number of nitrogens with one attached hydrogen (secondary N) is 1. The summed E-state index contributed by atoms with van der Waals surface area (Å²) in [6.45, 7) is 0.804. The molecule has 0 aliphatic rings. The summed E-state index contributed by atoms with van der Waals surface area (Å²) in [6, 6.07) is 7.54. The van der Waals surface area contributed by atoms with Gasteiger partial charge in [-0.15, -0.1) is 0 Å². The summed E-state index contributed by atoms with van der Waals surface area (Å²) in [5.41, 5.74) is 6.04. The van der Waals surface area contributed by atoms with Crippen LogP contribution in [-0.2, 0) is 9.53 Å². The normalized spacial score (nSPS) is 10.5. The summed E-state index contributed by atoms with van der Waals surface area (Å²) in [5.74, 6) is -0.187. The van der Waals surface area contributed by atoms with E-state index in [0.717, 1.165) is 16.5 Å². The van der Waals surface area contributed by atoms with E-state index in [9.17, 15) is 4.79 Å². The molecule has 0 aliphatic heterocycles. The quantitative estimate of drug-likeness (QED) is 0.775. The maximum Gasteiger partial charge on any atom is 0.250 e. The van der Waals surface area contributed by atoms with E-state index in [1.807, 2.05) is 24.3 Å². The fourth-order valence-electron chi connectivity index (χ4n) is 1.67. The molecule has 0 fully saturated rings. The highest BCUT2D eigenvalue weighted by Crippen LogP contribution is 2.21. The molecule has 0 spiro atoms. The molecule has 0 saturated heterocycles. The summed E-state index contributed by atoms with van der Waals surface area (Å²) in [5, 5.41) is 4.75. The van der Waals surface area contributed by atoms with Gasteiger partial charge in [0, 0.05) is 35.4 Å². The topological polar surface area (TPSA) is 77.2 Å². The van der Waals surface area contributed by atoms with Gasteiger partial charge in [-0.05, 0) is 12.1 Å². The van der Waals surface area contributed by atoms with Crippen LogP contribution < -0.4 is 11.1 Å². The van der Waals surface area contributed by atoms with Gasteiger partial charge in [0.05, 0.1) is 6.61 Å². The fraction of sp³-hybridized carbons (Fsp3) is 0.231. The minimum atomic E-state index is -0.187. The Morgan fingerprint density at radius 3 is 3.11 bits per heavy atom. The summed E-state index contributed by atoms with van der Waals surface area (Å²) >= 11 is 0. The molecule has 0 saturated carbocycles. The molecule has 0 bridgehead atoms. The second kappa shape index (κ2) is 6.09. The summed E-state index contributed by atoms with van der Waals surface area (Å²) in [7, 11) is 0. The van der Waals surface area contributed by atoms with E-state index in [1.54, 1.807) is 12.4 Å². The van der Waals surface area contributed by atoms with Crippen molar-refractivity contribution < 1.29 is 9.53 Å². The number of hydrogen-bond acceptors (Lipinski definition) is 4. The van der Waals surface area contributed by atoms with E-state index >= 15 is 0 Å². The highest BCUT2D eigenvalue weighted by atomic mass is 16.5. The summed E-state index contributed by atoms with van der Waals surface area (Å²) in [4.78, 5) is 15.7. The molecule has 5 heteroatoms. The number of nitrogens with two attached hydrogens (primary N) is 1. The van der Waals surface area contributed by atoms with Gasteiger partial charge in [-0.3, -0.25) is 9.78 Å². The van der Waals surface area contributed by atoms with Crippen molar-refractivity contribution in [1.82, 2.24) is 4.98 Å². The molecule has 1 aromatic heterocycles. The van der Waals surface area contributed by atoms with Gasteiger partial charge in [-0.25, -0.2) is 0 Å². The first-order valence-electron chi connectivity index (χ1n) is 5.71. The van der Waals surface area contributed by atoms with Crippen LogP contribution in [0.3, 0.4) is 0 Å². The monoisotopic (exact) mass is 245 g/mol. The van der Waals surface area contributed by atoms with E-state index in [4.69, 9.17) is 10.5 Å². The number of anilines is 1. The fourth-order valence-corrected chi connectivity index (χ4v) is 1.67. The number of pyridine rings is 1. The van der Waals surface area contributed by atoms with Gasteiger partial charge in [-0.2, -0.15) is 0 Å². The van der Waals surface area contributed by atoms with Crippen molar-refractivity contribution in [2.45, 2.75) is 0 Å². The van der Waals surface area contributed by atoms with Gasteiger partial charge < -0.3 is 15.8 Å². The third-order valence-corrected chi connectivity index (χ3v) is 2.45. The lowest BCUT2D eigenvalue weighted by Crippen LogP contribution is -2.20. The number of carbonyl (C=O) groups excluding carboxylic acids is 1. The first kappa shape index (κ1) is 12.5. The van der Waals surface area contributed by atoms with Crippen LogP contribution in [0.2, 0.25) is 0 Å². The van der Waals surface area contributed by atoms with Crippen LogP contribution >= 0.6 is 0 Å². The molecule has 18 heavy (non-hydrogen) atoms. The molecular weight excluding hydrogens is 230 g/mol. The zero-order valence-corrected chi connectivity index (χ0v) is 9.93. The minimum absolute atomic E-state index is 0.0126. The highest BCUT2D eigenvalue weighted by molar-refractivity contribution is 6.02. The molecule has 1 aromatic carbocycles. The van der Waals surface area contributed by atoms with Crippen molar-refractivity contribution in [2.75, 3.05) is 25.1 Å². The van der Waals surface area contributed by atoms with Crippen LogP contribution in [0, 0.1) is 0 Å². The van der Waals surface area contributed by atoms with Crippen molar-refractivity contribution in [3.8, 4) is 0 Å². The lowest BCUT2D eigenvalue weighted by Gasteiger charge is -2.08. The molecule has 3 N–H and O–H groups in total. The van der Waals surface area contributed by atoms with E-state index in [0.29, 0.717) is 13.2 Å². The minimum Gasteiger partial charge on any atom is -0.370 e. The molecule has 0 atom stereocenters. The second-order valence-electron chi connectivity index (χ2n) is 3.79. The first-order valence-corrected chi connectivity index (χ1v) is 5.71. The number of amides is 1. The number of nitrogens with zero attached hydrogens (tertiary/aromatic N) is 1. The van der Waals surface area contributed by atoms with Gasteiger partial charge >= 0.3 is 0 Å². The Hall–Kier alpha value is -1.98. The third-order valence-electron chi connectivity index (χ3n) is 2.45. The van der Waals surface area contributed by atoms with Gasteiger partial charge in [0.2, 0.25) is 5.91 Å². The number of hydrogen-bond donors (Lipinski definition) is 2. The standard InChI is InChI=1S/C13H15N3O2/c14-5-7-18-9-13(17)16-12-3-1-2-10-8-15-6-4-11(10)12/h1-4,6,8H,5,7,9,14H2,(H,16,17). The number of fused-ring (bicyclic) bond motifs is 1. The number of ether oxygens (including phenoxy) is 1. The first-order chi connectivity index (χ1) is 8.81. The van der Waals surface area contributed by atoms with Crippen LogP contribution in [0.5, 0.6) is 0 Å². The predicted octanol–water partition coefficient (Wildman–Crippen LogP) is 1.15. The molecule has 5 nitrogen and oxygen atoms in total. The maximum absolute atomic E-state index is 11.6. The van der Waals surface area contributed by atoms with Crippen molar-refractivity contribution in [3.05, 3.63) is 36.7 Å². The Morgan fingerprint density at radius 2 is 2.28 bits per heavy atom. The van der Waals surface area contributed by atoms with Crippen molar-refractivity contribution in [2.24, 2.45) is 5.73 Å². The number of carbonyl (C=O) groups is 1. The van der Waals surface area contributed by atoms with Crippen LogP contribution in [0.15, 0.2) is 36.7 Å². The largest absolute Gasteiger partial charge is 0.370 e. The van der Waals surface area contributed by atoms with E-state index in [-0.39, 0.29) is 12.5 Å². The molecule has 0 radical (unpaired) electrons. The molecule has 0 aliphatic carbocycles. The Bertz CT molecular complexity index is 537.